The van der Waals surface area contributed by atoms with Crippen molar-refractivity contribution in [3.63, 3.8) is 0 Å². The van der Waals surface area contributed by atoms with Crippen molar-refractivity contribution in [3.05, 3.63) is 41.7 Å². The monoisotopic (exact) mass is 1100 g/mol. The van der Waals surface area contributed by atoms with E-state index in [1.165, 1.54) is 96.3 Å². The normalized spacial score (nSPS) is 13.2. The first-order valence-electron chi connectivity index (χ1n) is 28.5. The van der Waals surface area contributed by atoms with Gasteiger partial charge >= 0.3 is 25.7 Å². The van der Waals surface area contributed by atoms with Gasteiger partial charge in [-0.05, 0) is 43.5 Å². The molecule has 0 bridgehead atoms. The van der Waals surface area contributed by atoms with Crippen molar-refractivity contribution in [2.45, 2.75) is 199 Å². The summed E-state index contributed by atoms with van der Waals surface area (Å²) in [5.41, 5.74) is 13.9. The third kappa shape index (κ3) is 30.1. The largest absolute Gasteiger partial charge is 0.472 e. The molecule has 3 aromatic rings. The number of nitrogens with one attached hydrogen (secondary N) is 1. The van der Waals surface area contributed by atoms with Crippen LogP contribution in [0, 0.1) is 0 Å². The van der Waals surface area contributed by atoms with Gasteiger partial charge in [-0.15, -0.1) is 0 Å². The van der Waals surface area contributed by atoms with E-state index < -0.39 is 57.0 Å². The zero-order chi connectivity index (χ0) is 56.3. The average molecular weight is 1100 g/mol. The maximum Gasteiger partial charge on any atom is 0.472 e. The van der Waals surface area contributed by atoms with Gasteiger partial charge < -0.3 is 45.3 Å². The number of benzene rings is 1. The number of aromatic nitrogens is 4. The standard InChI is InChI=1S/C56H94N9O11P/c1-7-9-11-13-15-17-19-20-21-22-24-26-28-30-49(66)73-42-47(43-75-77(70,71)74-39-37-65(4,5)6)76-50(67)36-35-48(55(69)72-38-29-27-25-23-18-16-14-12-10-8-2)61-54(68)44-31-33-46(34-32-44)64(3)41-45-40-59-53-51(60-45)52(57)62-56(58)63-53/h31-34,40,47-48H,7-30,35-39,41-43H2,1-6H3,(H5-,57,58,59,61,62,63,68,70,71)/p+1/t47-,48+/m1/s1. The van der Waals surface area contributed by atoms with E-state index in [2.05, 4.69) is 39.1 Å². The molecule has 0 fully saturated rings. The zero-order valence-electron chi connectivity index (χ0n) is 47.5. The highest BCUT2D eigenvalue weighted by atomic mass is 31.2. The minimum Gasteiger partial charge on any atom is -0.464 e. The molecule has 3 rings (SSSR count). The fourth-order valence-corrected chi connectivity index (χ4v) is 9.17. The van der Waals surface area contributed by atoms with Crippen LogP contribution in [0.2, 0.25) is 0 Å². The molecule has 20 nitrogen and oxygen atoms in total. The molecule has 77 heavy (non-hydrogen) atoms. The van der Waals surface area contributed by atoms with Crippen LogP contribution in [0.25, 0.3) is 11.2 Å². The fraction of sp³-hybridized carbons (Fsp3) is 0.714. The van der Waals surface area contributed by atoms with Crippen LogP contribution in [-0.2, 0) is 48.8 Å². The molecule has 2 heterocycles. The Kier molecular flexibility index (Phi) is 32.5. The molecule has 0 aliphatic carbocycles. The van der Waals surface area contributed by atoms with E-state index in [1.807, 2.05) is 33.1 Å². The van der Waals surface area contributed by atoms with Gasteiger partial charge in [0.25, 0.3) is 5.91 Å². The molecule has 0 radical (unpaired) electrons. The number of anilines is 3. The summed E-state index contributed by atoms with van der Waals surface area (Å²) in [5, 5.41) is 2.74. The van der Waals surface area contributed by atoms with Crippen LogP contribution in [0.4, 0.5) is 17.5 Å². The second kappa shape index (κ2) is 37.7. The predicted octanol–water partition coefficient (Wildman–Crippen LogP) is 10.3. The number of phosphoric ester groups is 1. The van der Waals surface area contributed by atoms with Gasteiger partial charge in [0.1, 0.15) is 25.8 Å². The van der Waals surface area contributed by atoms with E-state index in [0.29, 0.717) is 41.6 Å². The number of amides is 1. The number of fused-ring (bicyclic) bond motifs is 1. The van der Waals surface area contributed by atoms with E-state index in [-0.39, 0.29) is 55.5 Å². The van der Waals surface area contributed by atoms with Crippen molar-refractivity contribution in [2.75, 3.05) is 77.5 Å². The number of likely N-dealkylation sites (N-methyl/N-ethyl adjacent to an activating group) is 1. The number of hydrogen-bond donors (Lipinski definition) is 4. The molecule has 0 spiro atoms. The predicted molar refractivity (Wildman–Crippen MR) is 302 cm³/mol. The maximum absolute atomic E-state index is 13.7. The summed E-state index contributed by atoms with van der Waals surface area (Å²) in [5.74, 6) is -2.49. The van der Waals surface area contributed by atoms with E-state index >= 15 is 0 Å². The molecule has 6 N–H and O–H groups in total. The van der Waals surface area contributed by atoms with Gasteiger partial charge in [0, 0.05) is 31.1 Å². The van der Waals surface area contributed by atoms with E-state index in [1.54, 1.807) is 30.5 Å². The fourth-order valence-electron chi connectivity index (χ4n) is 8.43. The lowest BCUT2D eigenvalue weighted by Gasteiger charge is -2.24. The number of quaternary nitrogens is 1. The van der Waals surface area contributed by atoms with Gasteiger partial charge in [-0.1, -0.05) is 149 Å². The van der Waals surface area contributed by atoms with E-state index in [4.69, 9.17) is 34.7 Å². The first-order chi connectivity index (χ1) is 36.9. The molecule has 0 aliphatic heterocycles. The van der Waals surface area contributed by atoms with Gasteiger partial charge in [-0.25, -0.2) is 19.3 Å². The number of carbonyl (C=O) groups is 4. The van der Waals surface area contributed by atoms with Gasteiger partial charge in [-0.3, -0.25) is 23.4 Å². The van der Waals surface area contributed by atoms with Crippen molar-refractivity contribution in [1.29, 1.82) is 0 Å². The summed E-state index contributed by atoms with van der Waals surface area (Å²) in [6.07, 6.45) is 26.1. The second-order valence-corrected chi connectivity index (χ2v) is 22.7. The van der Waals surface area contributed by atoms with Crippen molar-refractivity contribution in [1.82, 2.24) is 25.3 Å². The summed E-state index contributed by atoms with van der Waals surface area (Å²) in [7, 11) is 2.95. The molecule has 0 saturated heterocycles. The molecule has 3 atom stereocenters. The minimum atomic E-state index is -4.59. The summed E-state index contributed by atoms with van der Waals surface area (Å²) < 4.78 is 40.5. The molecule has 0 aliphatic rings. The Morgan fingerprint density at radius 2 is 1.25 bits per heavy atom. The highest BCUT2D eigenvalue weighted by Gasteiger charge is 2.29. The van der Waals surface area contributed by atoms with Crippen LogP contribution >= 0.6 is 7.82 Å². The van der Waals surface area contributed by atoms with Crippen molar-refractivity contribution >= 4 is 60.3 Å². The Morgan fingerprint density at radius 1 is 0.688 bits per heavy atom. The molecule has 0 saturated carbocycles. The third-order valence-corrected chi connectivity index (χ3v) is 14.1. The number of hydrogen-bond acceptors (Lipinski definition) is 17. The van der Waals surface area contributed by atoms with Gasteiger partial charge in [0.05, 0.1) is 52.8 Å². The number of nitrogens with zero attached hydrogens (tertiary/aromatic N) is 6. The zero-order valence-corrected chi connectivity index (χ0v) is 48.4. The number of rotatable bonds is 44. The first-order valence-corrected chi connectivity index (χ1v) is 30.0. The van der Waals surface area contributed by atoms with E-state index in [0.717, 1.165) is 44.2 Å². The number of phosphoric acid groups is 1. The molecule has 2 aromatic heterocycles. The maximum atomic E-state index is 13.7. The Labute approximate surface area is 459 Å². The topological polar surface area (TPSA) is 271 Å². The van der Waals surface area contributed by atoms with Crippen LogP contribution in [0.1, 0.15) is 197 Å². The van der Waals surface area contributed by atoms with Gasteiger partial charge in [0.2, 0.25) is 5.95 Å². The molecule has 21 heteroatoms. The molecule has 1 aromatic carbocycles. The number of esters is 3. The van der Waals surface area contributed by atoms with Crippen LogP contribution in [0.3, 0.4) is 0 Å². The van der Waals surface area contributed by atoms with Crippen molar-refractivity contribution in [2.24, 2.45) is 0 Å². The van der Waals surface area contributed by atoms with Crippen LogP contribution in [0.5, 0.6) is 0 Å². The third-order valence-electron chi connectivity index (χ3n) is 13.1. The quantitative estimate of drug-likeness (QED) is 0.0135. The number of ether oxygens (including phenoxy) is 3. The number of unbranched alkanes of at least 4 members (excludes halogenated alkanes) is 21. The number of carbonyl (C=O) groups excluding carboxylic acids is 4. The van der Waals surface area contributed by atoms with Gasteiger partial charge in [-0.2, -0.15) is 9.97 Å². The summed E-state index contributed by atoms with van der Waals surface area (Å²) in [4.78, 5) is 83.0. The Morgan fingerprint density at radius 3 is 1.82 bits per heavy atom. The Hall–Kier alpha value is -5.01. The van der Waals surface area contributed by atoms with Crippen LogP contribution in [-0.4, -0.2) is 126 Å². The lowest BCUT2D eigenvalue weighted by atomic mass is 10.0. The summed E-state index contributed by atoms with van der Waals surface area (Å²) in [6.45, 7) is 4.19. The SMILES string of the molecule is CCCCCCCCCCCCCCCC(=O)OC[C@H](COP(=O)(O)OCC[N+](C)(C)C)OC(=O)CC[C@H](NC(=O)c1ccc(N(C)Cc2cnc3nc(N)nc(N)c3n2)cc1)C(=O)OCCCCCCCCCCCC. The van der Waals surface area contributed by atoms with E-state index in [9.17, 15) is 28.6 Å². The van der Waals surface area contributed by atoms with Crippen LogP contribution < -0.4 is 21.7 Å². The molecular weight excluding hydrogens is 1010 g/mol. The number of nitrogens with two attached hydrogens (primary N) is 2. The molecule has 1 unspecified atom stereocenters. The van der Waals surface area contributed by atoms with Crippen LogP contribution in [0.15, 0.2) is 30.5 Å². The highest BCUT2D eigenvalue weighted by molar-refractivity contribution is 7.47. The Balaban J connectivity index is 1.62. The average Bonchev–Trinajstić information content (AvgIpc) is 3.38. The first kappa shape index (κ1) is 66.3. The van der Waals surface area contributed by atoms with Gasteiger partial charge in [0.15, 0.2) is 23.1 Å². The smallest absolute Gasteiger partial charge is 0.464 e. The highest BCUT2D eigenvalue weighted by Crippen LogP contribution is 2.43. The molecule has 1 amide bonds. The van der Waals surface area contributed by atoms with Crippen molar-refractivity contribution < 1.29 is 56.4 Å². The lowest BCUT2D eigenvalue weighted by molar-refractivity contribution is -0.870. The summed E-state index contributed by atoms with van der Waals surface area (Å²) >= 11 is 0. The molecule has 434 valence electrons. The number of nitrogen functional groups attached to an aromatic ring is 2. The minimum absolute atomic E-state index is 0.000908. The molecular formula is C56H95N9O11P+. The van der Waals surface area contributed by atoms with Crippen molar-refractivity contribution in [3.8, 4) is 0 Å². The Bertz CT molecular complexity index is 2220. The lowest BCUT2D eigenvalue weighted by Crippen LogP contribution is -2.42. The summed E-state index contributed by atoms with van der Waals surface area (Å²) in [6, 6.07) is 5.47. The second-order valence-electron chi connectivity index (χ2n) is 21.2.